The summed E-state index contributed by atoms with van der Waals surface area (Å²) in [7, 11) is 0. The number of hydrogen-bond donors (Lipinski definition) is 1. The zero-order valence-electron chi connectivity index (χ0n) is 15.4. The number of para-hydroxylation sites is 1. The molecule has 0 spiro atoms. The number of halogens is 1. The van der Waals surface area contributed by atoms with Crippen LogP contribution in [-0.2, 0) is 25.9 Å². The highest BCUT2D eigenvalue weighted by molar-refractivity contribution is 5.85. The largest absolute Gasteiger partial charge is 0.384 e. The summed E-state index contributed by atoms with van der Waals surface area (Å²) >= 11 is 0. The van der Waals surface area contributed by atoms with E-state index in [0.717, 1.165) is 13.1 Å². The molecule has 1 fully saturated rings. The minimum Gasteiger partial charge on any atom is -0.384 e. The lowest BCUT2D eigenvalue weighted by Gasteiger charge is -2.32. The first-order chi connectivity index (χ1) is 12.4. The van der Waals surface area contributed by atoms with E-state index < -0.39 is 0 Å². The molecule has 1 N–H and O–H groups in total. The van der Waals surface area contributed by atoms with E-state index in [1.54, 1.807) is 0 Å². The fourth-order valence-electron chi connectivity index (χ4n) is 4.92. The Morgan fingerprint density at radius 3 is 2.85 bits per heavy atom. The number of anilines is 1. The Labute approximate surface area is 162 Å². The molecule has 140 valence electrons. The number of benzene rings is 1. The van der Waals surface area contributed by atoms with Crippen LogP contribution < -0.4 is 5.32 Å². The van der Waals surface area contributed by atoms with Crippen molar-refractivity contribution in [2.24, 2.45) is 0 Å². The molecular weight excluding hydrogens is 344 g/mol. The molecule has 1 aromatic heterocycles. The van der Waals surface area contributed by atoms with Crippen molar-refractivity contribution in [3.63, 3.8) is 0 Å². The number of aryl methyl sites for hydroxylation is 1. The predicted octanol–water partition coefficient (Wildman–Crippen LogP) is 3.99. The van der Waals surface area contributed by atoms with Crippen molar-refractivity contribution in [3.8, 4) is 0 Å². The summed E-state index contributed by atoms with van der Waals surface area (Å²) in [6, 6.07) is 6.80. The lowest BCUT2D eigenvalue weighted by Crippen LogP contribution is -2.33. The van der Waals surface area contributed by atoms with Crippen LogP contribution in [0.3, 0.4) is 0 Å². The number of nitrogens with one attached hydrogen (secondary N) is 1. The van der Waals surface area contributed by atoms with Gasteiger partial charge in [-0.25, -0.2) is 4.98 Å². The van der Waals surface area contributed by atoms with Crippen LogP contribution in [0.15, 0.2) is 24.4 Å². The zero-order chi connectivity index (χ0) is 16.6. The molecular formula is C21H29ClN4. The molecule has 0 atom stereocenters. The van der Waals surface area contributed by atoms with Crippen LogP contribution in [0.2, 0.25) is 0 Å². The van der Waals surface area contributed by atoms with Gasteiger partial charge in [-0.05, 0) is 62.7 Å². The molecule has 5 rings (SSSR count). The molecule has 3 aliphatic heterocycles. The summed E-state index contributed by atoms with van der Waals surface area (Å²) < 4.78 is 2.53. The minimum absolute atomic E-state index is 0. The SMILES string of the molecule is Cl.c1cc2c(c(CN3CCC(c4ncc5n4CCCC5)CC3)c1)NCC2. The van der Waals surface area contributed by atoms with Crippen LogP contribution in [0.4, 0.5) is 5.69 Å². The predicted molar refractivity (Wildman–Crippen MR) is 108 cm³/mol. The second-order valence-corrected chi connectivity index (χ2v) is 7.89. The van der Waals surface area contributed by atoms with E-state index in [4.69, 9.17) is 4.98 Å². The highest BCUT2D eigenvalue weighted by atomic mass is 35.5. The first-order valence-electron chi connectivity index (χ1n) is 10.00. The monoisotopic (exact) mass is 372 g/mol. The van der Waals surface area contributed by atoms with Crippen LogP contribution in [-0.4, -0.2) is 34.1 Å². The number of aromatic nitrogens is 2. The van der Waals surface area contributed by atoms with Gasteiger partial charge in [0.2, 0.25) is 0 Å². The number of rotatable bonds is 3. The average Bonchev–Trinajstić information content (AvgIpc) is 3.30. The Hall–Kier alpha value is -1.52. The van der Waals surface area contributed by atoms with E-state index in [2.05, 4.69) is 39.2 Å². The lowest BCUT2D eigenvalue weighted by molar-refractivity contribution is 0.200. The van der Waals surface area contributed by atoms with Crippen molar-refractivity contribution in [3.05, 3.63) is 47.0 Å². The maximum Gasteiger partial charge on any atom is 0.112 e. The summed E-state index contributed by atoms with van der Waals surface area (Å²) in [5.41, 5.74) is 5.85. The summed E-state index contributed by atoms with van der Waals surface area (Å²) in [6.07, 6.45) is 9.69. The van der Waals surface area contributed by atoms with Gasteiger partial charge >= 0.3 is 0 Å². The van der Waals surface area contributed by atoms with Crippen molar-refractivity contribution in [2.45, 2.75) is 57.5 Å². The molecule has 1 aromatic carbocycles. The molecule has 1 saturated heterocycles. The molecule has 0 saturated carbocycles. The van der Waals surface area contributed by atoms with Crippen molar-refractivity contribution in [1.82, 2.24) is 14.5 Å². The van der Waals surface area contributed by atoms with Gasteiger partial charge in [-0.2, -0.15) is 0 Å². The number of piperidine rings is 1. The van der Waals surface area contributed by atoms with Crippen LogP contribution in [0.25, 0.3) is 0 Å². The molecule has 4 nitrogen and oxygen atoms in total. The molecule has 5 heteroatoms. The maximum absolute atomic E-state index is 4.81. The van der Waals surface area contributed by atoms with Crippen LogP contribution in [0.1, 0.15) is 54.2 Å². The number of fused-ring (bicyclic) bond motifs is 2. The van der Waals surface area contributed by atoms with E-state index in [-0.39, 0.29) is 12.4 Å². The number of nitrogens with zero attached hydrogens (tertiary/aromatic N) is 3. The zero-order valence-corrected chi connectivity index (χ0v) is 16.2. The summed E-state index contributed by atoms with van der Waals surface area (Å²) in [5, 5.41) is 3.58. The highest BCUT2D eigenvalue weighted by Crippen LogP contribution is 2.32. The maximum atomic E-state index is 4.81. The second kappa shape index (κ2) is 7.61. The third-order valence-electron chi connectivity index (χ3n) is 6.31. The van der Waals surface area contributed by atoms with Crippen LogP contribution in [0.5, 0.6) is 0 Å². The van der Waals surface area contributed by atoms with Gasteiger partial charge in [0.05, 0.1) is 0 Å². The van der Waals surface area contributed by atoms with Gasteiger partial charge < -0.3 is 9.88 Å². The van der Waals surface area contributed by atoms with Crippen molar-refractivity contribution < 1.29 is 0 Å². The van der Waals surface area contributed by atoms with Gasteiger partial charge in [0.15, 0.2) is 0 Å². The number of likely N-dealkylation sites (tertiary alicyclic amines) is 1. The third kappa shape index (κ3) is 3.25. The van der Waals surface area contributed by atoms with E-state index in [9.17, 15) is 0 Å². The first-order valence-corrected chi connectivity index (χ1v) is 10.00. The number of hydrogen-bond acceptors (Lipinski definition) is 3. The Kier molecular flexibility index (Phi) is 5.23. The molecule has 4 heterocycles. The lowest BCUT2D eigenvalue weighted by atomic mass is 9.95. The number of imidazole rings is 1. The second-order valence-electron chi connectivity index (χ2n) is 7.89. The molecule has 0 amide bonds. The molecule has 0 bridgehead atoms. The van der Waals surface area contributed by atoms with Gasteiger partial charge in [-0.1, -0.05) is 18.2 Å². The Morgan fingerprint density at radius 1 is 1.08 bits per heavy atom. The molecule has 0 radical (unpaired) electrons. The van der Waals surface area contributed by atoms with Crippen molar-refractivity contribution in [1.29, 1.82) is 0 Å². The standard InChI is InChI=1S/C21H28N4.ClH/c1-2-11-25-19(6-1)14-23-21(25)17-8-12-24(13-9-17)15-18-5-3-4-16-7-10-22-20(16)18;/h3-5,14,17,22H,1-2,6-13,15H2;1H. The van der Waals surface area contributed by atoms with Crippen molar-refractivity contribution in [2.75, 3.05) is 25.0 Å². The van der Waals surface area contributed by atoms with Gasteiger partial charge in [0.25, 0.3) is 0 Å². The van der Waals surface area contributed by atoms with Gasteiger partial charge in [-0.15, -0.1) is 12.4 Å². The summed E-state index contributed by atoms with van der Waals surface area (Å²) in [4.78, 5) is 7.44. The molecule has 0 aliphatic carbocycles. The molecule has 3 aliphatic rings. The van der Waals surface area contributed by atoms with E-state index in [1.165, 1.54) is 86.5 Å². The molecule has 0 unspecified atom stereocenters. The quantitative estimate of drug-likeness (QED) is 0.884. The van der Waals surface area contributed by atoms with E-state index >= 15 is 0 Å². The Bertz CT molecular complexity index is 761. The highest BCUT2D eigenvalue weighted by Gasteiger charge is 2.26. The topological polar surface area (TPSA) is 33.1 Å². The van der Waals surface area contributed by atoms with Gasteiger partial charge in [0.1, 0.15) is 5.82 Å². The van der Waals surface area contributed by atoms with Crippen LogP contribution >= 0.6 is 12.4 Å². The Morgan fingerprint density at radius 2 is 1.96 bits per heavy atom. The normalized spacial score (nSPS) is 20.2. The third-order valence-corrected chi connectivity index (χ3v) is 6.31. The van der Waals surface area contributed by atoms with E-state index in [1.807, 2.05) is 0 Å². The molecule has 2 aromatic rings. The van der Waals surface area contributed by atoms with Crippen LogP contribution in [0, 0.1) is 0 Å². The van der Waals surface area contributed by atoms with E-state index in [0.29, 0.717) is 5.92 Å². The Balaban J connectivity index is 0.00000168. The smallest absolute Gasteiger partial charge is 0.112 e. The summed E-state index contributed by atoms with van der Waals surface area (Å²) in [5.74, 6) is 2.03. The fourth-order valence-corrected chi connectivity index (χ4v) is 4.92. The fraction of sp³-hybridized carbons (Fsp3) is 0.571. The molecule has 26 heavy (non-hydrogen) atoms. The van der Waals surface area contributed by atoms with Crippen molar-refractivity contribution >= 4 is 18.1 Å². The first kappa shape index (κ1) is 17.9. The van der Waals surface area contributed by atoms with Gasteiger partial charge in [0, 0.05) is 43.1 Å². The van der Waals surface area contributed by atoms with Gasteiger partial charge in [-0.3, -0.25) is 4.90 Å². The average molecular weight is 373 g/mol. The minimum atomic E-state index is 0. The summed E-state index contributed by atoms with van der Waals surface area (Å²) in [6.45, 7) is 5.75.